The van der Waals surface area contributed by atoms with Gasteiger partial charge < -0.3 is 10.5 Å². The average molecular weight is 246 g/mol. The molecule has 5 nitrogen and oxygen atoms in total. The van der Waals surface area contributed by atoms with E-state index >= 15 is 0 Å². The molecule has 1 heterocycles. The van der Waals surface area contributed by atoms with E-state index in [9.17, 15) is 0 Å². The topological polar surface area (TPSA) is 66.0 Å². The lowest BCUT2D eigenvalue weighted by Crippen LogP contribution is -2.05. The minimum Gasteiger partial charge on any atom is -0.496 e. The number of benzene rings is 1. The number of hydrogen-bond acceptors (Lipinski definition) is 4. The number of hydrogen-bond donors (Lipinski definition) is 1. The maximum Gasteiger partial charge on any atom is 0.155 e. The van der Waals surface area contributed by atoms with Crippen LogP contribution >= 0.6 is 0 Å². The average Bonchev–Trinajstić information content (AvgIpc) is 2.70. The summed E-state index contributed by atoms with van der Waals surface area (Å²) in [4.78, 5) is 4.40. The van der Waals surface area contributed by atoms with Crippen molar-refractivity contribution in [3.63, 3.8) is 0 Å². The molecule has 0 atom stereocenters. The lowest BCUT2D eigenvalue weighted by Gasteiger charge is -2.07. The van der Waals surface area contributed by atoms with Crippen LogP contribution in [0.5, 0.6) is 5.75 Å². The highest BCUT2D eigenvalue weighted by Gasteiger charge is 2.10. The van der Waals surface area contributed by atoms with Crippen LogP contribution in [-0.2, 0) is 20.0 Å². The number of aryl methyl sites for hydroxylation is 2. The van der Waals surface area contributed by atoms with Crippen molar-refractivity contribution < 1.29 is 4.74 Å². The Morgan fingerprint density at radius 3 is 2.78 bits per heavy atom. The van der Waals surface area contributed by atoms with Crippen molar-refractivity contribution in [1.82, 2.24) is 14.8 Å². The first-order valence-electron chi connectivity index (χ1n) is 5.86. The number of ether oxygens (including phenoxy) is 1. The third kappa shape index (κ3) is 2.51. The van der Waals surface area contributed by atoms with Crippen LogP contribution in [-0.4, -0.2) is 21.9 Å². The Kier molecular flexibility index (Phi) is 3.62. The second-order valence-electron chi connectivity index (χ2n) is 4.26. The van der Waals surface area contributed by atoms with Gasteiger partial charge in [0.1, 0.15) is 11.6 Å². The molecule has 1 aromatic heterocycles. The number of rotatable bonds is 4. The monoisotopic (exact) mass is 246 g/mol. The van der Waals surface area contributed by atoms with Gasteiger partial charge in [0.2, 0.25) is 0 Å². The molecule has 0 spiro atoms. The van der Waals surface area contributed by atoms with E-state index in [1.54, 1.807) is 11.8 Å². The van der Waals surface area contributed by atoms with Gasteiger partial charge in [-0.2, -0.15) is 5.10 Å². The summed E-state index contributed by atoms with van der Waals surface area (Å²) in [6, 6.07) is 6.09. The Labute approximate surface area is 107 Å². The summed E-state index contributed by atoms with van der Waals surface area (Å²) in [6.45, 7) is 2.45. The Morgan fingerprint density at radius 2 is 2.17 bits per heavy atom. The molecule has 0 aliphatic rings. The van der Waals surface area contributed by atoms with Gasteiger partial charge in [-0.25, -0.2) is 4.98 Å². The molecule has 0 bridgehead atoms. The van der Waals surface area contributed by atoms with E-state index < -0.39 is 0 Å². The minimum absolute atomic E-state index is 0.397. The zero-order valence-corrected chi connectivity index (χ0v) is 11.0. The first-order valence-corrected chi connectivity index (χ1v) is 5.86. The summed E-state index contributed by atoms with van der Waals surface area (Å²) < 4.78 is 7.07. The molecule has 96 valence electrons. The molecule has 0 fully saturated rings. The largest absolute Gasteiger partial charge is 0.496 e. The molecule has 1 aromatic carbocycles. The summed E-state index contributed by atoms with van der Waals surface area (Å²) in [5.41, 5.74) is 7.87. The molecule has 0 saturated carbocycles. The van der Waals surface area contributed by atoms with Crippen molar-refractivity contribution in [1.29, 1.82) is 0 Å². The van der Waals surface area contributed by atoms with Crippen LogP contribution in [0.3, 0.4) is 0 Å². The van der Waals surface area contributed by atoms with E-state index in [0.717, 1.165) is 23.0 Å². The molecule has 0 aliphatic carbocycles. The standard InChI is InChI=1S/C13H18N4O/c1-9-4-5-11(18-3)10(6-9)7-12-15-13(8-14)17(2)16-12/h4-6H,7-8,14H2,1-3H3. The molecule has 0 radical (unpaired) electrons. The summed E-state index contributed by atoms with van der Waals surface area (Å²) in [5.74, 6) is 2.42. The van der Waals surface area contributed by atoms with E-state index in [0.29, 0.717) is 13.0 Å². The van der Waals surface area contributed by atoms with Gasteiger partial charge in [0, 0.05) is 19.0 Å². The van der Waals surface area contributed by atoms with Crippen LogP contribution in [0, 0.1) is 6.92 Å². The normalized spacial score (nSPS) is 10.7. The number of nitrogens with zero attached hydrogens (tertiary/aromatic N) is 3. The zero-order chi connectivity index (χ0) is 13.1. The quantitative estimate of drug-likeness (QED) is 0.879. The first-order chi connectivity index (χ1) is 8.63. The van der Waals surface area contributed by atoms with Crippen molar-refractivity contribution in [3.8, 4) is 5.75 Å². The molecule has 2 rings (SSSR count). The van der Waals surface area contributed by atoms with Gasteiger partial charge in [-0.05, 0) is 13.0 Å². The van der Waals surface area contributed by atoms with Gasteiger partial charge in [-0.1, -0.05) is 17.7 Å². The van der Waals surface area contributed by atoms with Crippen LogP contribution < -0.4 is 10.5 Å². The predicted octanol–water partition coefficient (Wildman–Crippen LogP) is 1.18. The molecule has 0 amide bonds. The fourth-order valence-corrected chi connectivity index (χ4v) is 1.94. The summed E-state index contributed by atoms with van der Waals surface area (Å²) >= 11 is 0. The molecular weight excluding hydrogens is 228 g/mol. The van der Waals surface area contributed by atoms with Crippen molar-refractivity contribution in [2.24, 2.45) is 12.8 Å². The molecule has 0 unspecified atom stereocenters. The summed E-state index contributed by atoms with van der Waals surface area (Å²) in [6.07, 6.45) is 0.651. The molecule has 5 heteroatoms. The van der Waals surface area contributed by atoms with Crippen LogP contribution in [0.15, 0.2) is 18.2 Å². The van der Waals surface area contributed by atoms with Gasteiger partial charge in [-0.15, -0.1) is 0 Å². The highest BCUT2D eigenvalue weighted by atomic mass is 16.5. The summed E-state index contributed by atoms with van der Waals surface area (Å²) in [7, 11) is 3.53. The Morgan fingerprint density at radius 1 is 1.39 bits per heavy atom. The Hall–Kier alpha value is -1.88. The lowest BCUT2D eigenvalue weighted by atomic mass is 10.1. The van der Waals surface area contributed by atoms with Gasteiger partial charge >= 0.3 is 0 Å². The number of aromatic nitrogens is 3. The van der Waals surface area contributed by atoms with E-state index in [1.165, 1.54) is 5.56 Å². The van der Waals surface area contributed by atoms with Crippen molar-refractivity contribution in [2.45, 2.75) is 19.9 Å². The second-order valence-corrected chi connectivity index (χ2v) is 4.26. The molecule has 2 N–H and O–H groups in total. The number of nitrogens with two attached hydrogens (primary N) is 1. The van der Waals surface area contributed by atoms with Crippen molar-refractivity contribution in [2.75, 3.05) is 7.11 Å². The second kappa shape index (κ2) is 5.18. The van der Waals surface area contributed by atoms with Crippen molar-refractivity contribution >= 4 is 0 Å². The van der Waals surface area contributed by atoms with E-state index in [2.05, 4.69) is 23.1 Å². The van der Waals surface area contributed by atoms with Crippen molar-refractivity contribution in [3.05, 3.63) is 41.0 Å². The fraction of sp³-hybridized carbons (Fsp3) is 0.385. The van der Waals surface area contributed by atoms with Gasteiger partial charge in [0.15, 0.2) is 5.82 Å². The van der Waals surface area contributed by atoms with Gasteiger partial charge in [-0.3, -0.25) is 4.68 Å². The van der Waals surface area contributed by atoms with Crippen LogP contribution in [0.4, 0.5) is 0 Å². The van der Waals surface area contributed by atoms with Gasteiger partial charge in [0.25, 0.3) is 0 Å². The fourth-order valence-electron chi connectivity index (χ4n) is 1.94. The lowest BCUT2D eigenvalue weighted by molar-refractivity contribution is 0.410. The highest BCUT2D eigenvalue weighted by molar-refractivity contribution is 5.38. The smallest absolute Gasteiger partial charge is 0.155 e. The number of methoxy groups -OCH3 is 1. The van der Waals surface area contributed by atoms with Gasteiger partial charge in [0.05, 0.1) is 13.7 Å². The first kappa shape index (κ1) is 12.6. The summed E-state index contributed by atoms with van der Waals surface area (Å²) in [5, 5.41) is 4.35. The van der Waals surface area contributed by atoms with Crippen LogP contribution in [0.1, 0.15) is 22.8 Å². The van der Waals surface area contributed by atoms with E-state index in [4.69, 9.17) is 10.5 Å². The molecule has 0 saturated heterocycles. The molecular formula is C13H18N4O. The molecule has 2 aromatic rings. The molecule has 0 aliphatic heterocycles. The minimum atomic E-state index is 0.397. The van der Waals surface area contributed by atoms with E-state index in [1.807, 2.05) is 19.2 Å². The van der Waals surface area contributed by atoms with Crippen LogP contribution in [0.25, 0.3) is 0 Å². The predicted molar refractivity (Wildman–Crippen MR) is 69.4 cm³/mol. The third-order valence-electron chi connectivity index (χ3n) is 2.86. The third-order valence-corrected chi connectivity index (χ3v) is 2.86. The zero-order valence-electron chi connectivity index (χ0n) is 11.0. The Balaban J connectivity index is 2.29. The maximum absolute atomic E-state index is 5.59. The SMILES string of the molecule is COc1ccc(C)cc1Cc1nc(CN)n(C)n1. The maximum atomic E-state index is 5.59. The van der Waals surface area contributed by atoms with E-state index in [-0.39, 0.29) is 0 Å². The highest BCUT2D eigenvalue weighted by Crippen LogP contribution is 2.21. The Bertz CT molecular complexity index is 548. The van der Waals surface area contributed by atoms with Crippen LogP contribution in [0.2, 0.25) is 0 Å². The molecule has 18 heavy (non-hydrogen) atoms.